The van der Waals surface area contributed by atoms with Crippen LogP contribution in [0.15, 0.2) is 29.4 Å². The van der Waals surface area contributed by atoms with Gasteiger partial charge in [-0.3, -0.25) is 0 Å². The zero-order chi connectivity index (χ0) is 20.6. The van der Waals surface area contributed by atoms with Crippen LogP contribution in [-0.2, 0) is 22.9 Å². The molecule has 0 bridgehead atoms. The van der Waals surface area contributed by atoms with Crippen LogP contribution in [0.3, 0.4) is 0 Å². The zero-order valence-electron chi connectivity index (χ0n) is 15.6. The summed E-state index contributed by atoms with van der Waals surface area (Å²) in [5.74, 6) is -0.375. The van der Waals surface area contributed by atoms with Crippen molar-refractivity contribution < 1.29 is 18.3 Å². The second-order valence-electron chi connectivity index (χ2n) is 7.30. The van der Waals surface area contributed by atoms with Gasteiger partial charge in [0.25, 0.3) is 0 Å². The molecule has 2 N–H and O–H groups in total. The summed E-state index contributed by atoms with van der Waals surface area (Å²) >= 11 is 5.82. The van der Waals surface area contributed by atoms with Gasteiger partial charge < -0.3 is 10.0 Å². The maximum atomic E-state index is 12.8. The minimum Gasteiger partial charge on any atom is -0.478 e. The zero-order valence-corrected chi connectivity index (χ0v) is 17.2. The van der Waals surface area contributed by atoms with Gasteiger partial charge in [-0.2, -0.15) is 0 Å². The van der Waals surface area contributed by atoms with E-state index in [1.807, 2.05) is 0 Å². The molecule has 0 radical (unpaired) electrons. The number of rotatable bonds is 5. The number of nitrogens with one attached hydrogen (secondary N) is 1. The summed E-state index contributed by atoms with van der Waals surface area (Å²) in [6.45, 7) is 1.34. The number of anilines is 1. The molecule has 2 heterocycles. The van der Waals surface area contributed by atoms with Crippen LogP contribution in [0.1, 0.15) is 40.9 Å². The lowest BCUT2D eigenvalue weighted by molar-refractivity contribution is 0.0692. The van der Waals surface area contributed by atoms with E-state index < -0.39 is 16.0 Å². The summed E-state index contributed by atoms with van der Waals surface area (Å²) in [5.41, 5.74) is 1.99. The monoisotopic (exact) mass is 436 g/mol. The maximum absolute atomic E-state index is 12.8. The maximum Gasteiger partial charge on any atom is 0.337 e. The first-order valence-corrected chi connectivity index (χ1v) is 11.3. The summed E-state index contributed by atoms with van der Waals surface area (Å²) in [6, 6.07) is 3.48. The summed E-state index contributed by atoms with van der Waals surface area (Å²) in [4.78, 5) is 22.2. The Bertz CT molecular complexity index is 1050. The number of nitrogens with zero attached hydrogens (tertiary/aromatic N) is 3. The van der Waals surface area contributed by atoms with E-state index in [2.05, 4.69) is 19.6 Å². The molecule has 154 valence electrons. The molecule has 0 spiro atoms. The Morgan fingerprint density at radius 2 is 1.97 bits per heavy atom. The smallest absolute Gasteiger partial charge is 0.337 e. The molecule has 2 aromatic rings. The van der Waals surface area contributed by atoms with Crippen LogP contribution in [0.25, 0.3) is 0 Å². The van der Waals surface area contributed by atoms with Crippen molar-refractivity contribution in [1.29, 1.82) is 0 Å². The molecule has 4 rings (SSSR count). The van der Waals surface area contributed by atoms with Crippen LogP contribution in [-0.4, -0.2) is 48.6 Å². The molecule has 29 heavy (non-hydrogen) atoms. The van der Waals surface area contributed by atoms with Crippen LogP contribution in [0, 0.1) is 0 Å². The van der Waals surface area contributed by atoms with E-state index in [1.165, 1.54) is 17.7 Å². The molecule has 0 unspecified atom stereocenters. The first-order valence-electron chi connectivity index (χ1n) is 9.48. The molecule has 0 atom stereocenters. The van der Waals surface area contributed by atoms with Crippen LogP contribution in [0.4, 0.5) is 5.82 Å². The Morgan fingerprint density at radius 1 is 1.21 bits per heavy atom. The van der Waals surface area contributed by atoms with E-state index in [1.54, 1.807) is 6.33 Å². The highest BCUT2D eigenvalue weighted by Gasteiger charge is 2.29. The summed E-state index contributed by atoms with van der Waals surface area (Å²) < 4.78 is 28.2. The average Bonchev–Trinajstić information content (AvgIpc) is 3.17. The first-order chi connectivity index (χ1) is 13.8. The van der Waals surface area contributed by atoms with E-state index in [0.717, 1.165) is 36.8 Å². The number of hydrogen-bond donors (Lipinski definition) is 2. The number of benzene rings is 1. The SMILES string of the molecule is O=C(O)c1cc(Cl)ccc1S(=O)(=O)NC1CCN(c2ncnc3c2CCC3)CC1. The quantitative estimate of drug-likeness (QED) is 0.739. The van der Waals surface area contributed by atoms with Gasteiger partial charge in [-0.1, -0.05) is 11.6 Å². The van der Waals surface area contributed by atoms with Gasteiger partial charge in [-0.15, -0.1) is 0 Å². The number of aromatic carboxylic acids is 1. The van der Waals surface area contributed by atoms with Crippen LogP contribution in [0.2, 0.25) is 5.02 Å². The number of carboxylic acids is 1. The van der Waals surface area contributed by atoms with Crippen molar-refractivity contribution >= 4 is 33.4 Å². The number of piperidine rings is 1. The highest BCUT2D eigenvalue weighted by atomic mass is 35.5. The van der Waals surface area contributed by atoms with Gasteiger partial charge in [-0.25, -0.2) is 27.9 Å². The predicted octanol–water partition coefficient (Wildman–Crippen LogP) is 2.26. The molecule has 1 saturated heterocycles. The van der Waals surface area contributed by atoms with E-state index >= 15 is 0 Å². The standard InChI is InChI=1S/C19H21ClN4O4S/c20-12-4-5-17(15(10-12)19(25)26)29(27,28)23-13-6-8-24(9-7-13)18-14-2-1-3-16(14)21-11-22-18/h4-5,10-11,13,23H,1-3,6-9H2,(H,25,26). The fourth-order valence-electron chi connectivity index (χ4n) is 4.01. The molecule has 1 aromatic carbocycles. The van der Waals surface area contributed by atoms with Crippen molar-refractivity contribution in [2.75, 3.05) is 18.0 Å². The van der Waals surface area contributed by atoms with Gasteiger partial charge in [0.2, 0.25) is 10.0 Å². The number of aryl methyl sites for hydroxylation is 1. The van der Waals surface area contributed by atoms with Crippen LogP contribution >= 0.6 is 11.6 Å². The van der Waals surface area contributed by atoms with Gasteiger partial charge in [0.15, 0.2) is 0 Å². The molecular formula is C19H21ClN4O4S. The molecule has 1 aromatic heterocycles. The number of aromatic nitrogens is 2. The Hall–Kier alpha value is -2.23. The number of carboxylic acid groups (broad SMARTS) is 1. The number of hydrogen-bond acceptors (Lipinski definition) is 6. The third-order valence-electron chi connectivity index (χ3n) is 5.43. The first kappa shape index (κ1) is 20.1. The Kier molecular flexibility index (Phi) is 5.46. The number of sulfonamides is 1. The van der Waals surface area contributed by atoms with Gasteiger partial charge in [-0.05, 0) is 50.3 Å². The minimum absolute atomic E-state index is 0.173. The van der Waals surface area contributed by atoms with Crippen molar-refractivity contribution in [3.8, 4) is 0 Å². The fraction of sp³-hybridized carbons (Fsp3) is 0.421. The highest BCUT2D eigenvalue weighted by Crippen LogP contribution is 2.30. The highest BCUT2D eigenvalue weighted by molar-refractivity contribution is 7.89. The predicted molar refractivity (Wildman–Crippen MR) is 108 cm³/mol. The van der Waals surface area contributed by atoms with E-state index in [9.17, 15) is 18.3 Å². The lowest BCUT2D eigenvalue weighted by Gasteiger charge is -2.34. The molecule has 2 aliphatic rings. The second kappa shape index (κ2) is 7.89. The van der Waals surface area contributed by atoms with Crippen molar-refractivity contribution in [2.45, 2.75) is 43.0 Å². The van der Waals surface area contributed by atoms with Crippen molar-refractivity contribution in [3.05, 3.63) is 46.4 Å². The Morgan fingerprint density at radius 3 is 2.69 bits per heavy atom. The van der Waals surface area contributed by atoms with Crippen molar-refractivity contribution in [2.24, 2.45) is 0 Å². The van der Waals surface area contributed by atoms with Crippen molar-refractivity contribution in [1.82, 2.24) is 14.7 Å². The fourth-order valence-corrected chi connectivity index (χ4v) is 5.67. The molecule has 8 nitrogen and oxygen atoms in total. The Labute approximate surface area is 174 Å². The third-order valence-corrected chi connectivity index (χ3v) is 7.24. The lowest BCUT2D eigenvalue weighted by Crippen LogP contribution is -2.45. The van der Waals surface area contributed by atoms with Gasteiger partial charge >= 0.3 is 5.97 Å². The second-order valence-corrected chi connectivity index (χ2v) is 9.42. The molecule has 1 aliphatic carbocycles. The molecular weight excluding hydrogens is 416 g/mol. The van der Waals surface area contributed by atoms with Gasteiger partial charge in [0.1, 0.15) is 12.1 Å². The normalized spacial score (nSPS) is 17.3. The number of fused-ring (bicyclic) bond motifs is 1. The molecule has 1 fully saturated rings. The Balaban J connectivity index is 1.46. The van der Waals surface area contributed by atoms with E-state index in [-0.39, 0.29) is 21.5 Å². The summed E-state index contributed by atoms with van der Waals surface area (Å²) in [7, 11) is -3.98. The van der Waals surface area contributed by atoms with Gasteiger partial charge in [0.05, 0.1) is 10.5 Å². The number of carbonyl (C=O) groups is 1. The lowest BCUT2D eigenvalue weighted by atomic mass is 10.1. The van der Waals surface area contributed by atoms with Crippen LogP contribution in [0.5, 0.6) is 0 Å². The third kappa shape index (κ3) is 4.08. The number of halogens is 1. The largest absolute Gasteiger partial charge is 0.478 e. The summed E-state index contributed by atoms with van der Waals surface area (Å²) in [5, 5.41) is 9.50. The van der Waals surface area contributed by atoms with Crippen LogP contribution < -0.4 is 9.62 Å². The molecule has 0 amide bonds. The molecule has 10 heteroatoms. The molecule has 1 aliphatic heterocycles. The molecule has 0 saturated carbocycles. The van der Waals surface area contributed by atoms with E-state index in [0.29, 0.717) is 25.9 Å². The topological polar surface area (TPSA) is 112 Å². The average molecular weight is 437 g/mol. The minimum atomic E-state index is -3.98. The van der Waals surface area contributed by atoms with Crippen molar-refractivity contribution in [3.63, 3.8) is 0 Å². The van der Waals surface area contributed by atoms with Gasteiger partial charge in [0, 0.05) is 35.4 Å². The van der Waals surface area contributed by atoms with E-state index in [4.69, 9.17) is 11.6 Å². The summed E-state index contributed by atoms with van der Waals surface area (Å²) in [6.07, 6.45) is 5.86.